The van der Waals surface area contributed by atoms with E-state index in [1.807, 2.05) is 0 Å². The van der Waals surface area contributed by atoms with Gasteiger partial charge in [0, 0.05) is 40.6 Å². The Morgan fingerprint density at radius 2 is 1.40 bits per heavy atom. The van der Waals surface area contributed by atoms with Gasteiger partial charge in [0.05, 0.1) is 0 Å². The highest BCUT2D eigenvalue weighted by Gasteiger charge is 2.29. The van der Waals surface area contributed by atoms with E-state index in [4.69, 9.17) is 0 Å². The van der Waals surface area contributed by atoms with E-state index < -0.39 is 0 Å². The molecular weight excluding hydrogens is 629 g/mol. The summed E-state index contributed by atoms with van der Waals surface area (Å²) in [5.74, 6) is 1.49. The van der Waals surface area contributed by atoms with Gasteiger partial charge in [-0.3, -0.25) is 0 Å². The first-order valence-electron chi connectivity index (χ1n) is 19.8. The van der Waals surface area contributed by atoms with Crippen molar-refractivity contribution in [3.63, 3.8) is 0 Å². The Bertz CT molecular complexity index is 1950. The van der Waals surface area contributed by atoms with Crippen LogP contribution in [0.3, 0.4) is 0 Å². The fourth-order valence-corrected chi connectivity index (χ4v) is 8.50. The molecule has 8 rings (SSSR count). The third-order valence-electron chi connectivity index (χ3n) is 11.7. The van der Waals surface area contributed by atoms with Gasteiger partial charge in [-0.25, -0.2) is 0 Å². The number of fused-ring (bicyclic) bond motifs is 3. The number of rotatable bonds is 9. The number of nitrogens with zero attached hydrogens (tertiary/aromatic N) is 2. The maximum absolute atomic E-state index is 2.48. The van der Waals surface area contributed by atoms with E-state index in [0.29, 0.717) is 17.8 Å². The minimum Gasteiger partial charge on any atom is -0.314 e. The van der Waals surface area contributed by atoms with Crippen molar-refractivity contribution in [1.82, 2.24) is 0 Å². The first-order chi connectivity index (χ1) is 25.0. The Hall–Kier alpha value is -4.56. The summed E-state index contributed by atoms with van der Waals surface area (Å²) in [6.45, 7) is 16.4. The monoisotopic (exact) mass is 686 g/mol. The molecule has 2 heterocycles. The lowest BCUT2D eigenvalue weighted by atomic mass is 9.75. The summed E-state index contributed by atoms with van der Waals surface area (Å²) in [4.78, 5) is 4.92. The van der Waals surface area contributed by atoms with Gasteiger partial charge in [0.1, 0.15) is 0 Å². The number of unbranched alkanes of at least 4 members (excludes halogenated alkanes) is 1. The molecular formula is C50H58N2. The van der Waals surface area contributed by atoms with Crippen molar-refractivity contribution in [3.8, 4) is 11.1 Å². The molecule has 4 bridgehead atoms. The van der Waals surface area contributed by atoms with Crippen LogP contribution in [0.2, 0.25) is 0 Å². The fraction of sp³-hybridized carbons (Fsp3) is 0.360. The number of hydrogen-bond donors (Lipinski definition) is 0. The molecule has 0 aromatic heterocycles. The van der Waals surface area contributed by atoms with Gasteiger partial charge < -0.3 is 9.80 Å². The molecule has 52 heavy (non-hydrogen) atoms. The molecule has 2 heteroatoms. The highest BCUT2D eigenvalue weighted by Crippen LogP contribution is 2.43. The van der Waals surface area contributed by atoms with Crippen LogP contribution in [0.25, 0.3) is 11.1 Å². The largest absolute Gasteiger partial charge is 0.314 e. The minimum absolute atomic E-state index is 0.126. The summed E-state index contributed by atoms with van der Waals surface area (Å²) in [6, 6.07) is 27.6. The Morgan fingerprint density at radius 1 is 0.788 bits per heavy atom. The second-order valence-electron chi connectivity index (χ2n) is 16.9. The van der Waals surface area contributed by atoms with Crippen LogP contribution in [0.15, 0.2) is 156 Å². The van der Waals surface area contributed by atoms with Crippen LogP contribution in [-0.2, 0) is 5.41 Å². The third kappa shape index (κ3) is 7.63. The van der Waals surface area contributed by atoms with Crippen molar-refractivity contribution < 1.29 is 0 Å². The van der Waals surface area contributed by atoms with Crippen LogP contribution in [0, 0.1) is 23.2 Å². The molecule has 2 aliphatic heterocycles. The lowest BCUT2D eigenvalue weighted by Crippen LogP contribution is -2.26. The molecule has 3 aliphatic carbocycles. The van der Waals surface area contributed by atoms with Gasteiger partial charge in [0.25, 0.3) is 0 Å². The number of benzene rings is 3. The van der Waals surface area contributed by atoms with Gasteiger partial charge in [0.15, 0.2) is 0 Å². The van der Waals surface area contributed by atoms with Crippen LogP contribution in [0.4, 0.5) is 17.1 Å². The molecule has 2 nitrogen and oxygen atoms in total. The lowest BCUT2D eigenvalue weighted by Gasteiger charge is -2.36. The van der Waals surface area contributed by atoms with E-state index in [9.17, 15) is 0 Å². The molecule has 3 aromatic rings. The van der Waals surface area contributed by atoms with E-state index >= 15 is 0 Å². The zero-order chi connectivity index (χ0) is 36.5. The van der Waals surface area contributed by atoms with Crippen molar-refractivity contribution in [2.45, 2.75) is 92.4 Å². The zero-order valence-electron chi connectivity index (χ0n) is 32.6. The summed E-state index contributed by atoms with van der Waals surface area (Å²) in [5.41, 5.74) is 13.2. The second kappa shape index (κ2) is 14.8. The Kier molecular flexibility index (Phi) is 10.2. The highest BCUT2D eigenvalue weighted by atomic mass is 15.2. The van der Waals surface area contributed by atoms with Crippen molar-refractivity contribution in [1.29, 1.82) is 0 Å². The Balaban J connectivity index is 1.15. The molecule has 3 unspecified atom stereocenters. The number of allylic oxidation sites excluding steroid dienone is 11. The van der Waals surface area contributed by atoms with E-state index in [1.165, 1.54) is 57.3 Å². The molecule has 268 valence electrons. The average Bonchev–Trinajstić information content (AvgIpc) is 3.13. The van der Waals surface area contributed by atoms with Crippen LogP contribution in [-0.4, -0.2) is 0 Å². The highest BCUT2D eigenvalue weighted by molar-refractivity contribution is 5.75. The zero-order valence-corrected chi connectivity index (χ0v) is 32.6. The van der Waals surface area contributed by atoms with Crippen molar-refractivity contribution >= 4 is 17.1 Å². The molecule has 0 fully saturated rings. The summed E-state index contributed by atoms with van der Waals surface area (Å²) < 4.78 is 0. The lowest BCUT2D eigenvalue weighted by molar-refractivity contribution is 0.342. The first kappa shape index (κ1) is 35.8. The fourth-order valence-electron chi connectivity index (χ4n) is 8.50. The second-order valence-corrected chi connectivity index (χ2v) is 16.9. The molecule has 0 saturated heterocycles. The van der Waals surface area contributed by atoms with Gasteiger partial charge >= 0.3 is 0 Å². The normalized spacial score (nSPS) is 22.5. The van der Waals surface area contributed by atoms with Crippen molar-refractivity contribution in [2.24, 2.45) is 23.2 Å². The van der Waals surface area contributed by atoms with Crippen molar-refractivity contribution in [2.75, 3.05) is 9.80 Å². The summed E-state index contributed by atoms with van der Waals surface area (Å²) in [5, 5.41) is 0. The third-order valence-corrected chi connectivity index (χ3v) is 11.7. The quantitative estimate of drug-likeness (QED) is 0.207. The average molecular weight is 687 g/mol. The smallest absolute Gasteiger partial charge is 0.0461 e. The topological polar surface area (TPSA) is 6.48 Å². The standard InChI is InChI=1S/C50H58N2/c1-8-9-10-31-49(4,5)41-17-27-46(28-18-41)51(43-21-11-36(2)12-22-43)44-23-13-39(14-24-44)40-15-25-45(26-16-40)52-47-29-19-42(20-30-47)50(6,7)35-38-32-37(3)33-48(52)34-38/h10-11,13-17,19-33,36-37,41H,8-9,12,18,34-35H2,1-7H3. The molecule has 0 N–H and O–H groups in total. The van der Waals surface area contributed by atoms with E-state index in [2.05, 4.69) is 192 Å². The molecule has 0 spiro atoms. The number of hydrogen-bond acceptors (Lipinski definition) is 2. The number of anilines is 3. The first-order valence-corrected chi connectivity index (χ1v) is 19.8. The van der Waals surface area contributed by atoms with Gasteiger partial charge in [0.2, 0.25) is 0 Å². The predicted octanol–water partition coefficient (Wildman–Crippen LogP) is 14.2. The molecule has 0 amide bonds. The van der Waals surface area contributed by atoms with Crippen LogP contribution >= 0.6 is 0 Å². The molecule has 5 aliphatic rings. The molecule has 3 atom stereocenters. The summed E-state index contributed by atoms with van der Waals surface area (Å²) in [7, 11) is 0. The van der Waals surface area contributed by atoms with Gasteiger partial charge in [-0.2, -0.15) is 0 Å². The van der Waals surface area contributed by atoms with Crippen LogP contribution < -0.4 is 9.80 Å². The Morgan fingerprint density at radius 3 is 2.00 bits per heavy atom. The van der Waals surface area contributed by atoms with Gasteiger partial charge in [-0.15, -0.1) is 0 Å². The molecule has 3 aromatic carbocycles. The molecule has 0 radical (unpaired) electrons. The maximum atomic E-state index is 2.48. The molecule has 0 saturated carbocycles. The maximum Gasteiger partial charge on any atom is 0.0461 e. The summed E-state index contributed by atoms with van der Waals surface area (Å²) >= 11 is 0. The van der Waals surface area contributed by atoms with Crippen LogP contribution in [0.5, 0.6) is 0 Å². The van der Waals surface area contributed by atoms with E-state index in [1.54, 1.807) is 5.57 Å². The SMILES string of the molecule is CCCC=CC(C)(C)C1C=CC(N(C2=CCC(C)C=C2)c2ccc(-c3ccc(N4C5=CC(C)C=C(C5)CC(C)(C)c5ccc4cc5)cc3)cc2)=CC1. The van der Waals surface area contributed by atoms with Gasteiger partial charge in [-0.1, -0.05) is 145 Å². The van der Waals surface area contributed by atoms with E-state index in [0.717, 1.165) is 32.1 Å². The van der Waals surface area contributed by atoms with E-state index in [-0.39, 0.29) is 10.8 Å². The van der Waals surface area contributed by atoms with Crippen molar-refractivity contribution in [3.05, 3.63) is 162 Å². The van der Waals surface area contributed by atoms with Gasteiger partial charge in [-0.05, 0) is 120 Å². The Labute approximate surface area is 314 Å². The van der Waals surface area contributed by atoms with Crippen LogP contribution in [0.1, 0.15) is 92.6 Å². The predicted molar refractivity (Wildman–Crippen MR) is 225 cm³/mol. The summed E-state index contributed by atoms with van der Waals surface area (Å²) in [6.07, 6.45) is 30.6. The minimum atomic E-state index is 0.126.